The Hall–Kier alpha value is -0.960. The molecule has 1 aromatic carbocycles. The fourth-order valence-corrected chi connectivity index (χ4v) is 4.55. The predicted molar refractivity (Wildman–Crippen MR) is 83.5 cm³/mol. The maximum absolute atomic E-state index is 11.2. The van der Waals surface area contributed by atoms with Gasteiger partial charge in [-0.05, 0) is 66.1 Å². The lowest BCUT2D eigenvalue weighted by molar-refractivity contribution is -0.137. The van der Waals surface area contributed by atoms with E-state index in [9.17, 15) is 9.90 Å². The monoisotopic (exact) mass is 290 g/mol. The lowest BCUT2D eigenvalue weighted by Gasteiger charge is -2.27. The fourth-order valence-electron chi connectivity index (χ4n) is 3.45. The molecule has 0 spiro atoms. The summed E-state index contributed by atoms with van der Waals surface area (Å²) in [4.78, 5) is 11.2. The molecule has 20 heavy (non-hydrogen) atoms. The van der Waals surface area contributed by atoms with Gasteiger partial charge in [0.25, 0.3) is 0 Å². The summed E-state index contributed by atoms with van der Waals surface area (Å²) in [5.41, 5.74) is 2.76. The van der Waals surface area contributed by atoms with Crippen LogP contribution in [0.2, 0.25) is 0 Å². The normalized spacial score (nSPS) is 21.6. The molecule has 0 aromatic heterocycles. The van der Waals surface area contributed by atoms with E-state index in [4.69, 9.17) is 0 Å². The molecule has 3 rings (SSSR count). The van der Waals surface area contributed by atoms with Gasteiger partial charge in [-0.25, -0.2) is 0 Å². The van der Waals surface area contributed by atoms with Crippen molar-refractivity contribution in [2.45, 2.75) is 43.9 Å². The van der Waals surface area contributed by atoms with Crippen molar-refractivity contribution in [1.29, 1.82) is 0 Å². The van der Waals surface area contributed by atoms with Gasteiger partial charge >= 0.3 is 5.97 Å². The molecule has 2 nitrogen and oxygen atoms in total. The number of carboxylic acids is 1. The second-order valence-electron chi connectivity index (χ2n) is 6.06. The standard InChI is InChI=1S/C17H22O2S/c18-17(19)11-16(12-5-6-12)15-4-2-1-3-14(15)13-7-9-20-10-8-13/h1-4,12-13,16H,5-11H2,(H,18,19). The highest BCUT2D eigenvalue weighted by molar-refractivity contribution is 7.99. The molecule has 1 aromatic rings. The van der Waals surface area contributed by atoms with Crippen molar-refractivity contribution < 1.29 is 9.90 Å². The molecule has 1 heterocycles. The number of rotatable bonds is 5. The van der Waals surface area contributed by atoms with Gasteiger partial charge in [-0.15, -0.1) is 0 Å². The Labute approximate surface area is 125 Å². The molecule has 3 heteroatoms. The molecule has 0 amide bonds. The van der Waals surface area contributed by atoms with Gasteiger partial charge in [-0.1, -0.05) is 24.3 Å². The highest BCUT2D eigenvalue weighted by Gasteiger charge is 2.35. The first kappa shape index (κ1) is 14.0. The second kappa shape index (κ2) is 6.21. The minimum atomic E-state index is -0.657. The molecule has 1 saturated heterocycles. The van der Waals surface area contributed by atoms with Crippen LogP contribution < -0.4 is 0 Å². The lowest BCUT2D eigenvalue weighted by Crippen LogP contribution is -2.15. The third-order valence-electron chi connectivity index (χ3n) is 4.64. The number of hydrogen-bond donors (Lipinski definition) is 1. The zero-order valence-corrected chi connectivity index (χ0v) is 12.6. The predicted octanol–water partition coefficient (Wildman–Crippen LogP) is 4.27. The summed E-state index contributed by atoms with van der Waals surface area (Å²) in [7, 11) is 0. The molecule has 1 aliphatic heterocycles. The minimum absolute atomic E-state index is 0.235. The van der Waals surface area contributed by atoms with Crippen molar-refractivity contribution in [1.82, 2.24) is 0 Å². The SMILES string of the molecule is O=C(O)CC(c1ccccc1C1CCSCC1)C1CC1. The van der Waals surface area contributed by atoms with E-state index < -0.39 is 5.97 Å². The van der Waals surface area contributed by atoms with Gasteiger partial charge in [0.15, 0.2) is 0 Å². The number of aliphatic carboxylic acids is 1. The third kappa shape index (κ3) is 3.20. The van der Waals surface area contributed by atoms with Crippen molar-refractivity contribution >= 4 is 17.7 Å². The van der Waals surface area contributed by atoms with Crippen molar-refractivity contribution in [3.63, 3.8) is 0 Å². The van der Waals surface area contributed by atoms with E-state index in [-0.39, 0.29) is 5.92 Å². The van der Waals surface area contributed by atoms with Crippen LogP contribution in [0.15, 0.2) is 24.3 Å². The van der Waals surface area contributed by atoms with Gasteiger partial charge in [-0.2, -0.15) is 11.8 Å². The van der Waals surface area contributed by atoms with E-state index in [2.05, 4.69) is 24.3 Å². The number of carbonyl (C=O) groups is 1. The summed E-state index contributed by atoms with van der Waals surface area (Å²) < 4.78 is 0. The van der Waals surface area contributed by atoms with Crippen LogP contribution >= 0.6 is 11.8 Å². The quantitative estimate of drug-likeness (QED) is 0.880. The summed E-state index contributed by atoms with van der Waals surface area (Å²) in [5, 5.41) is 9.22. The van der Waals surface area contributed by atoms with Gasteiger partial charge in [-0.3, -0.25) is 4.79 Å². The molecule has 1 unspecified atom stereocenters. The van der Waals surface area contributed by atoms with Crippen LogP contribution in [-0.2, 0) is 4.79 Å². The molecular weight excluding hydrogens is 268 g/mol. The number of hydrogen-bond acceptors (Lipinski definition) is 2. The first-order valence-corrected chi connectivity index (χ1v) is 8.79. The smallest absolute Gasteiger partial charge is 0.303 e. The molecule has 1 N–H and O–H groups in total. The zero-order chi connectivity index (χ0) is 13.9. The maximum Gasteiger partial charge on any atom is 0.303 e. The van der Waals surface area contributed by atoms with E-state index in [1.54, 1.807) is 0 Å². The van der Waals surface area contributed by atoms with Crippen molar-refractivity contribution in [3.05, 3.63) is 35.4 Å². The summed E-state index contributed by atoms with van der Waals surface area (Å²) in [6, 6.07) is 8.62. The van der Waals surface area contributed by atoms with Crippen LogP contribution in [0.1, 0.15) is 55.1 Å². The molecule has 108 valence electrons. The summed E-state index contributed by atoms with van der Waals surface area (Å²) in [5.74, 6) is 3.31. The Balaban J connectivity index is 1.88. The van der Waals surface area contributed by atoms with Gasteiger partial charge < -0.3 is 5.11 Å². The third-order valence-corrected chi connectivity index (χ3v) is 5.69. The zero-order valence-electron chi connectivity index (χ0n) is 11.8. The Bertz CT molecular complexity index is 476. The minimum Gasteiger partial charge on any atom is -0.481 e. The van der Waals surface area contributed by atoms with Crippen LogP contribution in [0.3, 0.4) is 0 Å². The number of thioether (sulfide) groups is 1. The van der Waals surface area contributed by atoms with E-state index in [0.29, 0.717) is 18.3 Å². The number of carboxylic acid groups (broad SMARTS) is 1. The first-order chi connectivity index (χ1) is 9.75. The summed E-state index contributed by atoms with van der Waals surface area (Å²) in [6.07, 6.45) is 5.18. The van der Waals surface area contributed by atoms with Crippen molar-refractivity contribution in [2.75, 3.05) is 11.5 Å². The van der Waals surface area contributed by atoms with Crippen LogP contribution in [0.4, 0.5) is 0 Å². The molecule has 1 atom stereocenters. The van der Waals surface area contributed by atoms with Crippen molar-refractivity contribution in [2.24, 2.45) is 5.92 Å². The Morgan fingerprint density at radius 3 is 2.55 bits per heavy atom. The van der Waals surface area contributed by atoms with Crippen LogP contribution in [0.5, 0.6) is 0 Å². The molecule has 2 aliphatic rings. The van der Waals surface area contributed by atoms with E-state index in [0.717, 1.165) is 0 Å². The van der Waals surface area contributed by atoms with E-state index >= 15 is 0 Å². The maximum atomic E-state index is 11.2. The lowest BCUT2D eigenvalue weighted by atomic mass is 9.81. The highest BCUT2D eigenvalue weighted by Crippen LogP contribution is 2.47. The van der Waals surface area contributed by atoms with Gasteiger partial charge in [0.05, 0.1) is 6.42 Å². The Morgan fingerprint density at radius 2 is 1.90 bits per heavy atom. The second-order valence-corrected chi connectivity index (χ2v) is 7.28. The topological polar surface area (TPSA) is 37.3 Å². The average Bonchev–Trinajstić information content (AvgIpc) is 3.30. The van der Waals surface area contributed by atoms with Crippen LogP contribution in [0, 0.1) is 5.92 Å². The van der Waals surface area contributed by atoms with E-state index in [1.807, 2.05) is 11.8 Å². The first-order valence-electron chi connectivity index (χ1n) is 7.64. The van der Waals surface area contributed by atoms with Gasteiger partial charge in [0, 0.05) is 0 Å². The highest BCUT2D eigenvalue weighted by atomic mass is 32.2. The largest absolute Gasteiger partial charge is 0.481 e. The van der Waals surface area contributed by atoms with Crippen LogP contribution in [-0.4, -0.2) is 22.6 Å². The van der Waals surface area contributed by atoms with Gasteiger partial charge in [0.1, 0.15) is 0 Å². The molecule has 0 radical (unpaired) electrons. The Morgan fingerprint density at radius 1 is 1.20 bits per heavy atom. The molecule has 1 aliphatic carbocycles. The molecule has 2 fully saturated rings. The molecular formula is C17H22O2S. The van der Waals surface area contributed by atoms with Gasteiger partial charge in [0.2, 0.25) is 0 Å². The van der Waals surface area contributed by atoms with Crippen molar-refractivity contribution in [3.8, 4) is 0 Å². The summed E-state index contributed by atoms with van der Waals surface area (Å²) >= 11 is 2.04. The molecule has 1 saturated carbocycles. The number of benzene rings is 1. The van der Waals surface area contributed by atoms with Crippen LogP contribution in [0.25, 0.3) is 0 Å². The Kier molecular flexibility index (Phi) is 4.35. The van der Waals surface area contributed by atoms with E-state index in [1.165, 1.54) is 48.3 Å². The fraction of sp³-hybridized carbons (Fsp3) is 0.588. The molecule has 0 bridgehead atoms. The average molecular weight is 290 g/mol. The summed E-state index contributed by atoms with van der Waals surface area (Å²) in [6.45, 7) is 0.